The largest absolute Gasteiger partial charge is 0.374 e. The van der Waals surface area contributed by atoms with Crippen LogP contribution in [0.5, 0.6) is 0 Å². The van der Waals surface area contributed by atoms with Crippen LogP contribution in [0, 0.1) is 0 Å². The number of halogens is 1. The molecule has 0 fully saturated rings. The molecule has 0 spiro atoms. The highest BCUT2D eigenvalue weighted by molar-refractivity contribution is 7.16. The molecule has 1 aromatic heterocycles. The van der Waals surface area contributed by atoms with E-state index in [9.17, 15) is 9.59 Å². The number of carbonyl (C=O) groups is 2. The van der Waals surface area contributed by atoms with Crippen molar-refractivity contribution in [2.75, 3.05) is 20.2 Å². The summed E-state index contributed by atoms with van der Waals surface area (Å²) in [7, 11) is 1.53. The summed E-state index contributed by atoms with van der Waals surface area (Å²) < 4.78 is 5.90. The van der Waals surface area contributed by atoms with Crippen molar-refractivity contribution in [2.24, 2.45) is 0 Å². The van der Waals surface area contributed by atoms with Crippen molar-refractivity contribution in [3.05, 3.63) is 34.0 Å². The van der Waals surface area contributed by atoms with E-state index in [4.69, 9.17) is 16.3 Å². The van der Waals surface area contributed by atoms with E-state index in [2.05, 4.69) is 17.2 Å². The Morgan fingerprint density at radius 3 is 2.68 bits per heavy atom. The van der Waals surface area contributed by atoms with Gasteiger partial charge in [-0.2, -0.15) is 0 Å². The Labute approximate surface area is 120 Å². The molecular weight excluding hydrogens is 288 g/mol. The van der Waals surface area contributed by atoms with Gasteiger partial charge in [-0.05, 0) is 12.1 Å². The van der Waals surface area contributed by atoms with Gasteiger partial charge in [0.2, 0.25) is 0 Å². The van der Waals surface area contributed by atoms with Crippen LogP contribution in [0.1, 0.15) is 11.0 Å². The monoisotopic (exact) mass is 302 g/mol. The maximum atomic E-state index is 11.5. The average molecular weight is 303 g/mol. The van der Waals surface area contributed by atoms with E-state index in [0.717, 1.165) is 4.88 Å². The summed E-state index contributed by atoms with van der Waals surface area (Å²) in [4.78, 5) is 23.7. The molecule has 2 amide bonds. The molecule has 1 rings (SSSR count). The van der Waals surface area contributed by atoms with Crippen LogP contribution in [-0.4, -0.2) is 32.0 Å². The topological polar surface area (TPSA) is 67.4 Å². The highest BCUT2D eigenvalue weighted by Crippen LogP contribution is 2.28. The van der Waals surface area contributed by atoms with Gasteiger partial charge in [0.05, 0.1) is 4.34 Å². The fourth-order valence-electron chi connectivity index (χ4n) is 1.31. The van der Waals surface area contributed by atoms with Crippen molar-refractivity contribution >= 4 is 34.8 Å². The van der Waals surface area contributed by atoms with Crippen LogP contribution >= 0.6 is 22.9 Å². The third-order valence-corrected chi connectivity index (χ3v) is 3.58. The van der Waals surface area contributed by atoms with Gasteiger partial charge >= 0.3 is 11.8 Å². The number of methoxy groups -OCH3 is 1. The molecule has 5 nitrogen and oxygen atoms in total. The van der Waals surface area contributed by atoms with Crippen LogP contribution in [-0.2, 0) is 14.3 Å². The van der Waals surface area contributed by atoms with Crippen molar-refractivity contribution in [1.29, 1.82) is 0 Å². The van der Waals surface area contributed by atoms with Gasteiger partial charge in [-0.1, -0.05) is 17.7 Å². The van der Waals surface area contributed by atoms with Crippen molar-refractivity contribution < 1.29 is 14.3 Å². The second kappa shape index (κ2) is 7.93. The molecule has 0 aliphatic heterocycles. The normalized spacial score (nSPS) is 11.7. The van der Waals surface area contributed by atoms with E-state index in [1.807, 2.05) is 6.07 Å². The summed E-state index contributed by atoms with van der Waals surface area (Å²) in [5.41, 5.74) is 0. The Hall–Kier alpha value is -1.37. The fourth-order valence-corrected chi connectivity index (χ4v) is 2.45. The standard InChI is InChI=1S/C12H15ClN2O3S/c1-3-6-14-11(16)12(17)15-7-8(18-2)9-4-5-10(13)19-9/h3-5,8H,1,6-7H2,2H3,(H,14,16)(H,15,17). The molecular formula is C12H15ClN2O3S. The van der Waals surface area contributed by atoms with Crippen LogP contribution in [0.3, 0.4) is 0 Å². The van der Waals surface area contributed by atoms with Gasteiger partial charge < -0.3 is 15.4 Å². The SMILES string of the molecule is C=CCNC(=O)C(=O)NCC(OC)c1ccc(Cl)s1. The lowest BCUT2D eigenvalue weighted by Crippen LogP contribution is -2.41. The Morgan fingerprint density at radius 2 is 2.16 bits per heavy atom. The minimum atomic E-state index is -0.702. The molecule has 0 aliphatic carbocycles. The maximum absolute atomic E-state index is 11.5. The number of amides is 2. The van der Waals surface area contributed by atoms with E-state index in [-0.39, 0.29) is 19.2 Å². The molecule has 19 heavy (non-hydrogen) atoms. The Kier molecular flexibility index (Phi) is 6.55. The number of thiophene rings is 1. The predicted octanol–water partition coefficient (Wildman–Crippen LogP) is 1.51. The molecule has 0 aliphatic rings. The molecule has 1 heterocycles. The van der Waals surface area contributed by atoms with Gasteiger partial charge in [0.1, 0.15) is 6.10 Å². The summed E-state index contributed by atoms with van der Waals surface area (Å²) >= 11 is 7.20. The highest BCUT2D eigenvalue weighted by atomic mass is 35.5. The zero-order valence-corrected chi connectivity index (χ0v) is 12.0. The van der Waals surface area contributed by atoms with Crippen molar-refractivity contribution in [2.45, 2.75) is 6.10 Å². The molecule has 1 unspecified atom stereocenters. The van der Waals surface area contributed by atoms with Crippen LogP contribution in [0.4, 0.5) is 0 Å². The number of ether oxygens (including phenoxy) is 1. The summed E-state index contributed by atoms with van der Waals surface area (Å²) in [6.45, 7) is 3.90. The molecule has 0 bridgehead atoms. The van der Waals surface area contributed by atoms with Gasteiger partial charge in [-0.3, -0.25) is 9.59 Å². The first kappa shape index (κ1) is 15.7. The lowest BCUT2D eigenvalue weighted by molar-refractivity contribution is -0.139. The fraction of sp³-hybridized carbons (Fsp3) is 0.333. The maximum Gasteiger partial charge on any atom is 0.309 e. The van der Waals surface area contributed by atoms with Crippen LogP contribution < -0.4 is 10.6 Å². The molecule has 0 aromatic carbocycles. The number of hydrogen-bond acceptors (Lipinski definition) is 4. The molecule has 104 valence electrons. The summed E-state index contributed by atoms with van der Waals surface area (Å²) in [5, 5.41) is 4.89. The quantitative estimate of drug-likeness (QED) is 0.618. The smallest absolute Gasteiger partial charge is 0.309 e. The van der Waals surface area contributed by atoms with Gasteiger partial charge in [0.15, 0.2) is 0 Å². The zero-order valence-electron chi connectivity index (χ0n) is 10.4. The second-order valence-electron chi connectivity index (χ2n) is 3.57. The lowest BCUT2D eigenvalue weighted by Gasteiger charge is -2.14. The minimum absolute atomic E-state index is 0.202. The van der Waals surface area contributed by atoms with E-state index in [1.165, 1.54) is 24.5 Å². The first-order chi connectivity index (χ1) is 9.08. The lowest BCUT2D eigenvalue weighted by atomic mass is 10.3. The van der Waals surface area contributed by atoms with Crippen molar-refractivity contribution in [1.82, 2.24) is 10.6 Å². The Bertz CT molecular complexity index is 462. The van der Waals surface area contributed by atoms with E-state index >= 15 is 0 Å². The first-order valence-corrected chi connectivity index (χ1v) is 6.73. The molecule has 1 atom stereocenters. The first-order valence-electron chi connectivity index (χ1n) is 5.53. The molecule has 0 saturated heterocycles. The molecule has 7 heteroatoms. The van der Waals surface area contributed by atoms with Crippen LogP contribution in [0.15, 0.2) is 24.8 Å². The number of rotatable bonds is 6. The third-order valence-electron chi connectivity index (χ3n) is 2.26. The van der Waals surface area contributed by atoms with E-state index < -0.39 is 11.8 Å². The molecule has 0 radical (unpaired) electrons. The molecule has 1 aromatic rings. The van der Waals surface area contributed by atoms with E-state index in [1.54, 1.807) is 6.07 Å². The Balaban J connectivity index is 2.47. The highest BCUT2D eigenvalue weighted by Gasteiger charge is 2.17. The van der Waals surface area contributed by atoms with Crippen molar-refractivity contribution in [3.8, 4) is 0 Å². The second-order valence-corrected chi connectivity index (χ2v) is 5.32. The number of carbonyl (C=O) groups excluding carboxylic acids is 2. The summed E-state index contributed by atoms with van der Waals surface area (Å²) in [5.74, 6) is -1.40. The van der Waals surface area contributed by atoms with Gasteiger partial charge in [-0.15, -0.1) is 17.9 Å². The number of hydrogen-bond donors (Lipinski definition) is 2. The van der Waals surface area contributed by atoms with E-state index in [0.29, 0.717) is 4.34 Å². The predicted molar refractivity (Wildman–Crippen MR) is 75.3 cm³/mol. The van der Waals surface area contributed by atoms with Gasteiger partial charge in [-0.25, -0.2) is 0 Å². The van der Waals surface area contributed by atoms with Gasteiger partial charge in [0, 0.05) is 25.1 Å². The Morgan fingerprint density at radius 1 is 1.47 bits per heavy atom. The summed E-state index contributed by atoms with van der Waals surface area (Å²) in [6.07, 6.45) is 1.17. The van der Waals surface area contributed by atoms with Crippen molar-refractivity contribution in [3.63, 3.8) is 0 Å². The van der Waals surface area contributed by atoms with Crippen LogP contribution in [0.25, 0.3) is 0 Å². The average Bonchev–Trinajstić information content (AvgIpc) is 2.83. The molecule has 0 saturated carbocycles. The molecule has 2 N–H and O–H groups in total. The summed E-state index contributed by atoms with van der Waals surface area (Å²) in [6, 6.07) is 3.58. The van der Waals surface area contributed by atoms with Gasteiger partial charge in [0.25, 0.3) is 0 Å². The zero-order chi connectivity index (χ0) is 14.3. The van der Waals surface area contributed by atoms with Crippen LogP contribution in [0.2, 0.25) is 4.34 Å². The number of nitrogens with one attached hydrogen (secondary N) is 2. The third kappa shape index (κ3) is 5.02. The minimum Gasteiger partial charge on any atom is -0.374 e.